The third kappa shape index (κ3) is 2.08. The number of hydrogen-bond acceptors (Lipinski definition) is 4. The molecule has 3 N–H and O–H groups in total. The van der Waals surface area contributed by atoms with Gasteiger partial charge >= 0.3 is 0 Å². The van der Waals surface area contributed by atoms with Gasteiger partial charge in [0.15, 0.2) is 0 Å². The van der Waals surface area contributed by atoms with Gasteiger partial charge in [-0.2, -0.15) is 0 Å². The normalized spacial score (nSPS) is 44.4. The van der Waals surface area contributed by atoms with Crippen molar-refractivity contribution in [2.75, 3.05) is 0 Å². The molecule has 1 saturated heterocycles. The summed E-state index contributed by atoms with van der Waals surface area (Å²) < 4.78 is 5.53. The maximum Gasteiger partial charge on any atom is 0.111 e. The molecule has 0 radical (unpaired) electrons. The number of aliphatic hydroxyl groups excluding tert-OH is 3. The van der Waals surface area contributed by atoms with Gasteiger partial charge < -0.3 is 20.1 Å². The molecule has 0 spiro atoms. The predicted molar refractivity (Wildman–Crippen MR) is 51.8 cm³/mol. The number of ether oxygens (including phenoxy) is 1. The maximum absolute atomic E-state index is 9.66. The van der Waals surface area contributed by atoms with Crippen molar-refractivity contribution in [1.82, 2.24) is 0 Å². The van der Waals surface area contributed by atoms with Crippen LogP contribution < -0.4 is 0 Å². The molecule has 1 fully saturated rings. The molecule has 4 nitrogen and oxygen atoms in total. The Balaban J connectivity index is 2.73. The van der Waals surface area contributed by atoms with Gasteiger partial charge in [0, 0.05) is 0 Å². The lowest BCUT2D eigenvalue weighted by molar-refractivity contribution is -0.232. The van der Waals surface area contributed by atoms with Crippen molar-refractivity contribution in [3.63, 3.8) is 0 Å². The number of hydrogen-bond donors (Lipinski definition) is 3. The second-order valence-corrected chi connectivity index (χ2v) is 4.26. The molecule has 1 aliphatic rings. The fraction of sp³-hybridized carbons (Fsp3) is 1.00. The van der Waals surface area contributed by atoms with Crippen LogP contribution in [0.1, 0.15) is 27.2 Å². The Morgan fingerprint density at radius 1 is 1.07 bits per heavy atom. The first kappa shape index (κ1) is 11.9. The van der Waals surface area contributed by atoms with Gasteiger partial charge in [0.05, 0.1) is 12.2 Å². The number of rotatable bonds is 2. The van der Waals surface area contributed by atoms with Crippen LogP contribution in [0.3, 0.4) is 0 Å². The number of aliphatic hydroxyl groups is 3. The van der Waals surface area contributed by atoms with E-state index < -0.39 is 24.4 Å². The molecule has 1 heterocycles. The molecule has 0 aromatic carbocycles. The van der Waals surface area contributed by atoms with Crippen LogP contribution in [0.25, 0.3) is 0 Å². The van der Waals surface area contributed by atoms with Crippen LogP contribution >= 0.6 is 0 Å². The van der Waals surface area contributed by atoms with E-state index in [1.54, 1.807) is 0 Å². The van der Waals surface area contributed by atoms with Crippen molar-refractivity contribution in [2.24, 2.45) is 5.92 Å². The Kier molecular flexibility index (Phi) is 3.89. The molecular weight excluding hydrogens is 184 g/mol. The van der Waals surface area contributed by atoms with Crippen LogP contribution in [0.5, 0.6) is 0 Å². The summed E-state index contributed by atoms with van der Waals surface area (Å²) in [5.41, 5.74) is 0. The highest BCUT2D eigenvalue weighted by Gasteiger charge is 2.43. The third-order valence-electron chi connectivity index (χ3n) is 2.81. The van der Waals surface area contributed by atoms with Gasteiger partial charge in [-0.3, -0.25) is 0 Å². The minimum absolute atomic E-state index is 0.126. The minimum atomic E-state index is -1.10. The largest absolute Gasteiger partial charge is 0.388 e. The minimum Gasteiger partial charge on any atom is -0.388 e. The predicted octanol–water partition coefficient (Wildman–Crippen LogP) is -0.0975. The van der Waals surface area contributed by atoms with Crippen molar-refractivity contribution < 1.29 is 20.1 Å². The van der Waals surface area contributed by atoms with E-state index in [0.29, 0.717) is 6.42 Å². The van der Waals surface area contributed by atoms with E-state index in [1.165, 1.54) is 0 Å². The zero-order chi connectivity index (χ0) is 10.9. The zero-order valence-electron chi connectivity index (χ0n) is 8.92. The highest BCUT2D eigenvalue weighted by Crippen LogP contribution is 2.26. The summed E-state index contributed by atoms with van der Waals surface area (Å²) in [6.07, 6.45) is -3.20. The first-order valence-corrected chi connectivity index (χ1v) is 5.18. The Bertz CT molecular complexity index is 181. The molecule has 0 aliphatic carbocycles. The highest BCUT2D eigenvalue weighted by molar-refractivity contribution is 4.92. The van der Waals surface area contributed by atoms with Gasteiger partial charge in [-0.15, -0.1) is 0 Å². The molecule has 5 atom stereocenters. The molecule has 0 saturated carbocycles. The molecular formula is C10H20O4. The maximum atomic E-state index is 9.66. The standard InChI is InChI=1S/C10H20O4/c1-4-6-7(11)8(12)9(13)10(14-6)5(2)3/h5-13H,4H2,1-3H3/t6?,7-,8?,9+,10+/m0/s1. The van der Waals surface area contributed by atoms with E-state index in [9.17, 15) is 15.3 Å². The van der Waals surface area contributed by atoms with Crippen molar-refractivity contribution in [2.45, 2.75) is 57.7 Å². The van der Waals surface area contributed by atoms with Crippen LogP contribution in [0.2, 0.25) is 0 Å². The Hall–Kier alpha value is -0.160. The summed E-state index contributed by atoms with van der Waals surface area (Å²) in [6, 6.07) is 0. The van der Waals surface area contributed by atoms with Crippen LogP contribution in [0, 0.1) is 5.92 Å². The van der Waals surface area contributed by atoms with Gasteiger partial charge in [0.25, 0.3) is 0 Å². The molecule has 84 valence electrons. The van der Waals surface area contributed by atoms with E-state index in [4.69, 9.17) is 4.74 Å². The highest BCUT2D eigenvalue weighted by atomic mass is 16.5. The van der Waals surface area contributed by atoms with Gasteiger partial charge in [0.2, 0.25) is 0 Å². The second kappa shape index (κ2) is 4.57. The molecule has 4 heteroatoms. The topological polar surface area (TPSA) is 69.9 Å². The lowest BCUT2D eigenvalue weighted by Gasteiger charge is -2.42. The third-order valence-corrected chi connectivity index (χ3v) is 2.81. The molecule has 1 rings (SSSR count). The Morgan fingerprint density at radius 2 is 1.64 bits per heavy atom. The summed E-state index contributed by atoms with van der Waals surface area (Å²) in [5, 5.41) is 28.8. The lowest BCUT2D eigenvalue weighted by Crippen LogP contribution is -2.58. The van der Waals surface area contributed by atoms with Gasteiger partial charge in [0.1, 0.15) is 18.3 Å². The van der Waals surface area contributed by atoms with Crippen molar-refractivity contribution >= 4 is 0 Å². The van der Waals surface area contributed by atoms with Gasteiger partial charge in [-0.05, 0) is 12.3 Å². The van der Waals surface area contributed by atoms with Gasteiger partial charge in [-0.25, -0.2) is 0 Å². The SMILES string of the molecule is CCC1O[C@H](C(C)C)[C@H](O)C(O)[C@H]1O. The molecule has 14 heavy (non-hydrogen) atoms. The average Bonchev–Trinajstić information content (AvgIpc) is 2.14. The van der Waals surface area contributed by atoms with E-state index in [-0.39, 0.29) is 12.0 Å². The zero-order valence-corrected chi connectivity index (χ0v) is 8.92. The van der Waals surface area contributed by atoms with Crippen molar-refractivity contribution in [1.29, 1.82) is 0 Å². The molecule has 2 unspecified atom stereocenters. The monoisotopic (exact) mass is 204 g/mol. The van der Waals surface area contributed by atoms with E-state index >= 15 is 0 Å². The molecule has 0 amide bonds. The molecule has 0 aromatic rings. The first-order valence-electron chi connectivity index (χ1n) is 5.18. The van der Waals surface area contributed by atoms with E-state index in [1.807, 2.05) is 20.8 Å². The van der Waals surface area contributed by atoms with Crippen molar-refractivity contribution in [3.05, 3.63) is 0 Å². The fourth-order valence-corrected chi connectivity index (χ4v) is 1.87. The van der Waals surface area contributed by atoms with Crippen LogP contribution in [0.4, 0.5) is 0 Å². The summed E-state index contributed by atoms with van der Waals surface area (Å²) in [6.45, 7) is 5.73. The van der Waals surface area contributed by atoms with Crippen molar-refractivity contribution in [3.8, 4) is 0 Å². The Labute approximate surface area is 84.5 Å². The molecule has 0 bridgehead atoms. The first-order chi connectivity index (χ1) is 6.49. The van der Waals surface area contributed by atoms with E-state index in [2.05, 4.69) is 0 Å². The molecule has 1 aliphatic heterocycles. The summed E-state index contributed by atoms with van der Waals surface area (Å²) in [7, 11) is 0. The van der Waals surface area contributed by atoms with Crippen LogP contribution in [0.15, 0.2) is 0 Å². The lowest BCUT2D eigenvalue weighted by atomic mass is 9.89. The summed E-state index contributed by atoms with van der Waals surface area (Å²) in [4.78, 5) is 0. The smallest absolute Gasteiger partial charge is 0.111 e. The molecule has 0 aromatic heterocycles. The van der Waals surface area contributed by atoms with Crippen LogP contribution in [-0.2, 0) is 4.74 Å². The van der Waals surface area contributed by atoms with Crippen LogP contribution in [-0.4, -0.2) is 45.8 Å². The van der Waals surface area contributed by atoms with E-state index in [0.717, 1.165) is 0 Å². The fourth-order valence-electron chi connectivity index (χ4n) is 1.87. The van der Waals surface area contributed by atoms with Gasteiger partial charge in [-0.1, -0.05) is 20.8 Å². The second-order valence-electron chi connectivity index (χ2n) is 4.26. The average molecular weight is 204 g/mol. The summed E-state index contributed by atoms with van der Waals surface area (Å²) >= 11 is 0. The summed E-state index contributed by atoms with van der Waals surface area (Å²) in [5.74, 6) is 0.126. The quantitative estimate of drug-likeness (QED) is 0.587. The Morgan fingerprint density at radius 3 is 2.07 bits per heavy atom.